The monoisotopic (exact) mass is 1010 g/mol. The van der Waals surface area contributed by atoms with E-state index < -0.39 is 52.3 Å². The van der Waals surface area contributed by atoms with E-state index in [9.17, 15) is 24.0 Å². The Hall–Kier alpha value is -6.12. The van der Waals surface area contributed by atoms with Crippen molar-refractivity contribution >= 4 is 40.5 Å². The first-order valence-electron chi connectivity index (χ1n) is 26.5. The van der Waals surface area contributed by atoms with E-state index >= 15 is 0 Å². The summed E-state index contributed by atoms with van der Waals surface area (Å²) < 4.78 is 20.0. The van der Waals surface area contributed by atoms with Gasteiger partial charge in [0.25, 0.3) is 11.8 Å². The number of nitrogens with one attached hydrogen (secondary N) is 2. The van der Waals surface area contributed by atoms with Crippen LogP contribution in [-0.4, -0.2) is 150 Å². The molecule has 394 valence electrons. The fourth-order valence-corrected chi connectivity index (χ4v) is 12.0. The second-order valence-electron chi connectivity index (χ2n) is 22.5. The van der Waals surface area contributed by atoms with E-state index in [2.05, 4.69) is 84.3 Å². The van der Waals surface area contributed by atoms with Gasteiger partial charge in [-0.15, -0.1) is 0 Å². The minimum atomic E-state index is -1.06. The van der Waals surface area contributed by atoms with E-state index in [0.717, 1.165) is 50.1 Å². The van der Waals surface area contributed by atoms with Gasteiger partial charge in [-0.1, -0.05) is 63.9 Å². The number of aromatic nitrogens is 2. The molecule has 74 heavy (non-hydrogen) atoms. The summed E-state index contributed by atoms with van der Waals surface area (Å²) in [4.78, 5) is 82.2. The highest BCUT2D eigenvalue weighted by Crippen LogP contribution is 2.44. The number of carbonyl (C=O) groups excluding carboxylic acids is 5. The van der Waals surface area contributed by atoms with Gasteiger partial charge in [0.15, 0.2) is 0 Å². The summed E-state index contributed by atoms with van der Waals surface area (Å²) in [5.41, 5.74) is 9.13. The molecule has 2 aromatic heterocycles. The summed E-state index contributed by atoms with van der Waals surface area (Å²) in [5, 5.41) is 5.67. The van der Waals surface area contributed by atoms with Crippen LogP contribution < -0.4 is 10.7 Å². The summed E-state index contributed by atoms with van der Waals surface area (Å²) in [6.07, 6.45) is 4.95. The van der Waals surface area contributed by atoms with E-state index in [-0.39, 0.29) is 43.4 Å². The van der Waals surface area contributed by atoms with Crippen molar-refractivity contribution in [3.63, 3.8) is 0 Å². The maximum absolute atomic E-state index is 14.9. The molecule has 4 aromatic rings. The first-order valence-corrected chi connectivity index (χ1v) is 26.5. The Labute approximate surface area is 435 Å². The number of pyridine rings is 1. The third-order valence-corrected chi connectivity index (χ3v) is 16.3. The second kappa shape index (κ2) is 21.2. The van der Waals surface area contributed by atoms with E-state index in [0.29, 0.717) is 77.9 Å². The van der Waals surface area contributed by atoms with Gasteiger partial charge in [-0.2, -0.15) is 0 Å². The lowest BCUT2D eigenvalue weighted by Crippen LogP contribution is -2.62. The highest BCUT2D eigenvalue weighted by Gasteiger charge is 2.54. The fourth-order valence-electron chi connectivity index (χ4n) is 12.0. The van der Waals surface area contributed by atoms with Gasteiger partial charge in [-0.05, 0) is 118 Å². The van der Waals surface area contributed by atoms with Crippen LogP contribution in [0.3, 0.4) is 0 Å². The molecule has 7 heterocycles. The van der Waals surface area contributed by atoms with Crippen LogP contribution in [0.4, 0.5) is 0 Å². The number of rotatable bonds is 9. The molecule has 2 aromatic carbocycles. The molecule has 0 saturated carbocycles. The van der Waals surface area contributed by atoms with Crippen molar-refractivity contribution < 1.29 is 38.2 Å². The molecule has 2 N–H and O–H groups in total. The molecule has 4 fully saturated rings. The van der Waals surface area contributed by atoms with Crippen molar-refractivity contribution in [2.24, 2.45) is 16.7 Å². The van der Waals surface area contributed by atoms with Gasteiger partial charge in [0.1, 0.15) is 23.7 Å². The number of hydrogen-bond acceptors (Lipinski definition) is 11. The second-order valence-corrected chi connectivity index (χ2v) is 22.5. The molecule has 16 heteroatoms. The number of aryl methyl sites for hydroxylation is 1. The summed E-state index contributed by atoms with van der Waals surface area (Å²) in [5.74, 6) is 3.99. The lowest BCUT2D eigenvalue weighted by molar-refractivity contribution is -0.155. The molecule has 5 aliphatic rings. The average Bonchev–Trinajstić information content (AvgIpc) is 4.20. The van der Waals surface area contributed by atoms with E-state index in [4.69, 9.17) is 19.2 Å². The SMILES string of the molecule is CCn1c(-c2cccnc2[C@H](C)OC)c2c3cc(ccc31)-c1cccc(c1)C[C@H](NC(=O)[C@H](C(C)C)N1CC[C@]3(CCN(C(=O)C#C[C@@]4(N(C)C)CCOC4)C3)C1=O)C(=O)N1CCC[C@H](N1)C(=O)OCC(C)(C)C2. The molecule has 6 atom stereocenters. The minimum absolute atomic E-state index is 0.133. The summed E-state index contributed by atoms with van der Waals surface area (Å²) >= 11 is 0. The number of cyclic esters (lactones) is 1. The molecule has 6 bridgehead atoms. The normalized spacial score (nSPS) is 25.1. The first-order chi connectivity index (χ1) is 35.4. The summed E-state index contributed by atoms with van der Waals surface area (Å²) in [6, 6.07) is 15.9. The highest BCUT2D eigenvalue weighted by molar-refractivity contribution is 5.98. The Morgan fingerprint density at radius 3 is 2.50 bits per heavy atom. The number of nitrogens with zero attached hydrogens (tertiary/aromatic N) is 6. The zero-order valence-corrected chi connectivity index (χ0v) is 44.7. The maximum atomic E-state index is 14.9. The van der Waals surface area contributed by atoms with Crippen LogP contribution in [0.25, 0.3) is 33.3 Å². The highest BCUT2D eigenvalue weighted by atomic mass is 16.5. The molecule has 16 nitrogen and oxygen atoms in total. The Morgan fingerprint density at radius 2 is 1.77 bits per heavy atom. The number of hydrazine groups is 1. The molecular weight excluding hydrogens is 937 g/mol. The van der Waals surface area contributed by atoms with Gasteiger partial charge in [0, 0.05) is 87.4 Å². The van der Waals surface area contributed by atoms with Gasteiger partial charge < -0.3 is 33.9 Å². The van der Waals surface area contributed by atoms with Gasteiger partial charge in [0.2, 0.25) is 11.8 Å². The predicted octanol–water partition coefficient (Wildman–Crippen LogP) is 5.95. The third-order valence-electron chi connectivity index (χ3n) is 16.3. The number of hydrogen-bond donors (Lipinski definition) is 2. The van der Waals surface area contributed by atoms with Crippen LogP contribution in [0, 0.1) is 28.6 Å². The minimum Gasteiger partial charge on any atom is -0.464 e. The first kappa shape index (κ1) is 52.7. The largest absolute Gasteiger partial charge is 0.464 e. The van der Waals surface area contributed by atoms with Gasteiger partial charge >= 0.3 is 5.97 Å². The van der Waals surface area contributed by atoms with Crippen molar-refractivity contribution in [3.05, 3.63) is 77.6 Å². The van der Waals surface area contributed by atoms with Crippen molar-refractivity contribution in [3.8, 4) is 34.2 Å². The molecule has 9 rings (SSSR count). The maximum Gasteiger partial charge on any atom is 0.324 e. The van der Waals surface area contributed by atoms with Crippen LogP contribution in [0.1, 0.15) is 96.6 Å². The topological polar surface area (TPSA) is 168 Å². The van der Waals surface area contributed by atoms with Crippen LogP contribution in [0.15, 0.2) is 60.8 Å². The van der Waals surface area contributed by atoms with E-state index in [1.165, 1.54) is 5.01 Å². The molecule has 1 spiro atoms. The van der Waals surface area contributed by atoms with E-state index in [1.54, 1.807) is 23.1 Å². The van der Waals surface area contributed by atoms with Crippen LogP contribution in [0.5, 0.6) is 0 Å². The standard InChI is InChI=1S/C58H74N8O8/c1-10-64-47-19-18-41-32-43(47)44(51(64)42-16-12-25-59-49(42)38(4)72-9)33-56(5,6)35-74-54(70)45-17-13-26-66(61-45)53(69)46(31-39-14-11-15-40(41)30-39)60-52(68)50(37(2)3)65-28-23-57(55(65)71)22-27-63(34-57)48(67)20-21-58(62(7)8)24-29-73-36-58/h11-12,14-16,18-19,25,30,32,37-38,45-46,50,61H,10,13,17,22-24,26-29,31,33-36H2,1-9H3,(H,60,68)/t38-,45-,46-,50-,57-,58+/m0/s1. The van der Waals surface area contributed by atoms with E-state index in [1.807, 2.05) is 58.0 Å². The third kappa shape index (κ3) is 10.2. The number of likely N-dealkylation sites (N-methyl/N-ethyl adjacent to an activating group) is 1. The van der Waals surface area contributed by atoms with Gasteiger partial charge in [-0.25, -0.2) is 5.43 Å². The Morgan fingerprint density at radius 1 is 0.986 bits per heavy atom. The number of likely N-dealkylation sites (tertiary alicyclic amines) is 2. The van der Waals surface area contributed by atoms with Crippen LogP contribution >= 0.6 is 0 Å². The zero-order chi connectivity index (χ0) is 52.7. The molecule has 0 aliphatic carbocycles. The number of fused-ring (bicyclic) bond motifs is 6. The quantitative estimate of drug-likeness (QED) is 0.150. The number of esters is 1. The van der Waals surface area contributed by atoms with Gasteiger partial charge in [0.05, 0.1) is 36.1 Å². The van der Waals surface area contributed by atoms with Crippen molar-refractivity contribution in [2.75, 3.05) is 67.2 Å². The number of ether oxygens (including phenoxy) is 3. The zero-order valence-electron chi connectivity index (χ0n) is 44.7. The summed E-state index contributed by atoms with van der Waals surface area (Å²) in [6.45, 7) is 15.3. The molecule has 4 saturated heterocycles. The smallest absolute Gasteiger partial charge is 0.324 e. The van der Waals surface area contributed by atoms with Crippen molar-refractivity contribution in [2.45, 2.75) is 123 Å². The van der Waals surface area contributed by atoms with Crippen LogP contribution in [-0.2, 0) is 57.6 Å². The Kier molecular flexibility index (Phi) is 15.1. The molecule has 4 amide bonds. The van der Waals surface area contributed by atoms with Gasteiger partial charge in [-0.3, -0.25) is 38.9 Å². The molecule has 0 radical (unpaired) electrons. The lowest BCUT2D eigenvalue weighted by Gasteiger charge is -2.37. The number of carbonyl (C=O) groups is 5. The Bertz CT molecular complexity index is 2870. The van der Waals surface area contributed by atoms with Crippen molar-refractivity contribution in [1.29, 1.82) is 0 Å². The number of amides is 4. The average molecular weight is 1010 g/mol. The molecule has 0 unspecified atom stereocenters. The van der Waals surface area contributed by atoms with Crippen LogP contribution in [0.2, 0.25) is 0 Å². The predicted molar refractivity (Wildman–Crippen MR) is 282 cm³/mol. The molecular formula is C58H74N8O8. The summed E-state index contributed by atoms with van der Waals surface area (Å²) in [7, 11) is 5.56. The molecule has 5 aliphatic heterocycles. The number of methoxy groups -OCH3 is 1. The fraction of sp³-hybridized carbons (Fsp3) is 0.552. The lowest BCUT2D eigenvalue weighted by atomic mass is 9.84. The Balaban J connectivity index is 1.03. The number of benzene rings is 2. The van der Waals surface area contributed by atoms with Crippen molar-refractivity contribution in [1.82, 2.24) is 40.0 Å².